The number of benzene rings is 1. The lowest BCUT2D eigenvalue weighted by molar-refractivity contribution is 0.609. The van der Waals surface area contributed by atoms with E-state index in [4.69, 9.17) is 0 Å². The number of guanidine groups is 1. The molecule has 0 spiro atoms. The monoisotopic (exact) mass is 443 g/mol. The van der Waals surface area contributed by atoms with Crippen LogP contribution in [0, 0.1) is 5.82 Å². The number of hydrogen-bond donors (Lipinski definition) is 2. The Bertz CT molecular complexity index is 413. The fraction of sp³-hybridized carbons (Fsp3) is 0.462. The zero-order valence-corrected chi connectivity index (χ0v) is 15.1. The minimum Gasteiger partial charge on any atom is -0.357 e. The molecule has 19 heavy (non-hydrogen) atoms. The first-order valence-corrected chi connectivity index (χ1v) is 6.92. The maximum absolute atomic E-state index is 13.6. The minimum atomic E-state index is -0.237. The topological polar surface area (TPSA) is 36.4 Å². The Hall–Kier alpha value is -0.370. The van der Waals surface area contributed by atoms with Crippen molar-refractivity contribution in [1.29, 1.82) is 0 Å². The molecule has 0 bridgehead atoms. The fourth-order valence-corrected chi connectivity index (χ4v) is 1.73. The van der Waals surface area contributed by atoms with Crippen LogP contribution in [0.5, 0.6) is 0 Å². The summed E-state index contributed by atoms with van der Waals surface area (Å²) in [6.07, 6.45) is 1.02. The van der Waals surface area contributed by atoms with Gasteiger partial charge in [0.05, 0.1) is 6.54 Å². The molecule has 3 nitrogen and oxygen atoms in total. The zero-order chi connectivity index (χ0) is 13.4. The lowest BCUT2D eigenvalue weighted by Crippen LogP contribution is -2.37. The molecule has 0 unspecified atom stereocenters. The van der Waals surface area contributed by atoms with Crippen LogP contribution in [0.1, 0.15) is 25.8 Å². The quantitative estimate of drug-likeness (QED) is 0.413. The molecule has 0 heterocycles. The first kappa shape index (κ1) is 18.6. The molecule has 0 amide bonds. The number of nitrogens with zero attached hydrogens (tertiary/aromatic N) is 1. The van der Waals surface area contributed by atoms with Crippen LogP contribution in [0.3, 0.4) is 0 Å². The number of aliphatic imine (C=N–C) groups is 1. The van der Waals surface area contributed by atoms with E-state index in [0.29, 0.717) is 12.1 Å². The molecule has 0 atom stereocenters. The van der Waals surface area contributed by atoms with Gasteiger partial charge in [-0.1, -0.05) is 28.9 Å². The van der Waals surface area contributed by atoms with Crippen molar-refractivity contribution in [3.05, 3.63) is 34.1 Å². The van der Waals surface area contributed by atoms with Gasteiger partial charge in [0, 0.05) is 23.1 Å². The molecule has 2 N–H and O–H groups in total. The summed E-state index contributed by atoms with van der Waals surface area (Å²) in [6.45, 7) is 6.07. The van der Waals surface area contributed by atoms with E-state index in [1.54, 1.807) is 6.07 Å². The highest BCUT2D eigenvalue weighted by atomic mass is 127. The average Bonchev–Trinajstić information content (AvgIpc) is 2.34. The number of halogens is 3. The summed E-state index contributed by atoms with van der Waals surface area (Å²) in [5, 5.41) is 6.30. The fourth-order valence-electron chi connectivity index (χ4n) is 1.40. The second-order valence-electron chi connectivity index (χ2n) is 3.86. The van der Waals surface area contributed by atoms with Crippen molar-refractivity contribution < 1.29 is 4.39 Å². The summed E-state index contributed by atoms with van der Waals surface area (Å²) in [4.78, 5) is 4.35. The molecule has 1 aromatic carbocycles. The van der Waals surface area contributed by atoms with E-state index in [1.807, 2.05) is 13.0 Å². The maximum atomic E-state index is 13.6. The lowest BCUT2D eigenvalue weighted by atomic mass is 10.2. The minimum absolute atomic E-state index is 0. The largest absolute Gasteiger partial charge is 0.357 e. The predicted molar refractivity (Wildman–Crippen MR) is 92.6 cm³/mol. The molecule has 0 saturated carbocycles. The lowest BCUT2D eigenvalue weighted by Gasteiger charge is -2.10. The molecule has 0 aromatic heterocycles. The van der Waals surface area contributed by atoms with Gasteiger partial charge in [0.15, 0.2) is 5.96 Å². The highest BCUT2D eigenvalue weighted by Gasteiger charge is 2.02. The van der Waals surface area contributed by atoms with Crippen LogP contribution in [0.2, 0.25) is 0 Å². The van der Waals surface area contributed by atoms with Crippen LogP contribution in [-0.4, -0.2) is 19.0 Å². The number of hydrogen-bond acceptors (Lipinski definition) is 1. The van der Waals surface area contributed by atoms with Gasteiger partial charge in [-0.3, -0.25) is 0 Å². The van der Waals surface area contributed by atoms with Crippen molar-refractivity contribution in [2.45, 2.75) is 26.8 Å². The van der Waals surface area contributed by atoms with E-state index in [9.17, 15) is 4.39 Å². The highest BCUT2D eigenvalue weighted by Crippen LogP contribution is 2.15. The van der Waals surface area contributed by atoms with E-state index in [1.165, 1.54) is 6.07 Å². The summed E-state index contributed by atoms with van der Waals surface area (Å²) >= 11 is 3.23. The average molecular weight is 444 g/mol. The van der Waals surface area contributed by atoms with Crippen molar-refractivity contribution in [3.63, 3.8) is 0 Å². The van der Waals surface area contributed by atoms with Crippen LogP contribution in [0.15, 0.2) is 27.7 Å². The molecule has 0 aliphatic heterocycles. The molecule has 1 rings (SSSR count). The third kappa shape index (κ3) is 7.10. The van der Waals surface area contributed by atoms with Crippen LogP contribution < -0.4 is 10.6 Å². The standard InChI is InChI=1S/C13H19BrFN3.HI/c1-3-7-17-13(16-4-2)18-9-10-5-6-11(14)8-12(10)15;/h5-6,8H,3-4,7,9H2,1-2H3,(H2,16,17,18);1H. The first-order valence-electron chi connectivity index (χ1n) is 6.13. The predicted octanol–water partition coefficient (Wildman–Crippen LogP) is 3.67. The molecular formula is C13H20BrFIN3. The highest BCUT2D eigenvalue weighted by molar-refractivity contribution is 14.0. The van der Waals surface area contributed by atoms with Crippen molar-refractivity contribution in [3.8, 4) is 0 Å². The van der Waals surface area contributed by atoms with Crippen molar-refractivity contribution in [2.75, 3.05) is 13.1 Å². The van der Waals surface area contributed by atoms with Gasteiger partial charge in [-0.25, -0.2) is 9.38 Å². The molecule has 0 aliphatic carbocycles. The van der Waals surface area contributed by atoms with Crippen molar-refractivity contribution >= 4 is 45.9 Å². The second kappa shape index (κ2) is 10.4. The third-order valence-corrected chi connectivity index (χ3v) is 2.80. The summed E-state index contributed by atoms with van der Waals surface area (Å²) in [5.41, 5.74) is 0.590. The van der Waals surface area contributed by atoms with Crippen molar-refractivity contribution in [2.24, 2.45) is 4.99 Å². The van der Waals surface area contributed by atoms with Gasteiger partial charge < -0.3 is 10.6 Å². The van der Waals surface area contributed by atoms with Crippen molar-refractivity contribution in [1.82, 2.24) is 10.6 Å². The molecule has 0 fully saturated rings. The summed E-state index contributed by atoms with van der Waals surface area (Å²) in [7, 11) is 0. The molecule has 0 radical (unpaired) electrons. The SMILES string of the molecule is CCCNC(=NCc1ccc(Br)cc1F)NCC.I. The molecule has 6 heteroatoms. The van der Waals surface area contributed by atoms with Gasteiger partial charge in [0.1, 0.15) is 5.82 Å². The summed E-state index contributed by atoms with van der Waals surface area (Å²) < 4.78 is 14.3. The third-order valence-electron chi connectivity index (χ3n) is 2.31. The van der Waals surface area contributed by atoms with E-state index in [-0.39, 0.29) is 29.8 Å². The number of rotatable bonds is 5. The maximum Gasteiger partial charge on any atom is 0.191 e. The Morgan fingerprint density at radius 2 is 2.05 bits per heavy atom. The molecule has 1 aromatic rings. The molecular weight excluding hydrogens is 424 g/mol. The van der Waals surface area contributed by atoms with Crippen LogP contribution in [0.25, 0.3) is 0 Å². The molecule has 0 saturated heterocycles. The van der Waals surface area contributed by atoms with Crippen LogP contribution >= 0.6 is 39.9 Å². The van der Waals surface area contributed by atoms with E-state index >= 15 is 0 Å². The van der Waals surface area contributed by atoms with E-state index in [2.05, 4.69) is 38.5 Å². The van der Waals surface area contributed by atoms with Gasteiger partial charge in [-0.2, -0.15) is 0 Å². The van der Waals surface area contributed by atoms with Gasteiger partial charge in [-0.05, 0) is 25.5 Å². The Balaban J connectivity index is 0.00000324. The van der Waals surface area contributed by atoms with Gasteiger partial charge in [-0.15, -0.1) is 24.0 Å². The van der Waals surface area contributed by atoms with Gasteiger partial charge in [0.25, 0.3) is 0 Å². The van der Waals surface area contributed by atoms with Crippen LogP contribution in [-0.2, 0) is 6.54 Å². The zero-order valence-electron chi connectivity index (χ0n) is 11.2. The Morgan fingerprint density at radius 1 is 1.32 bits per heavy atom. The van der Waals surface area contributed by atoms with Crippen LogP contribution in [0.4, 0.5) is 4.39 Å². The van der Waals surface area contributed by atoms with Gasteiger partial charge >= 0.3 is 0 Å². The molecule has 0 aliphatic rings. The Labute approximate surface area is 139 Å². The first-order chi connectivity index (χ1) is 8.67. The Kier molecular flexibility index (Phi) is 10.2. The summed E-state index contributed by atoms with van der Waals surface area (Å²) in [6, 6.07) is 5.02. The normalized spacial score (nSPS) is 10.8. The van der Waals surface area contributed by atoms with Gasteiger partial charge in [0.2, 0.25) is 0 Å². The second-order valence-corrected chi connectivity index (χ2v) is 4.77. The Morgan fingerprint density at radius 3 is 2.63 bits per heavy atom. The number of nitrogens with one attached hydrogen (secondary N) is 2. The smallest absolute Gasteiger partial charge is 0.191 e. The van der Waals surface area contributed by atoms with E-state index < -0.39 is 0 Å². The molecule has 108 valence electrons. The summed E-state index contributed by atoms with van der Waals surface area (Å²) in [5.74, 6) is 0.487. The van der Waals surface area contributed by atoms with E-state index in [0.717, 1.165) is 29.9 Å².